The summed E-state index contributed by atoms with van der Waals surface area (Å²) in [4.78, 5) is 22.3. The van der Waals surface area contributed by atoms with Gasteiger partial charge in [-0.25, -0.2) is 0 Å². The lowest BCUT2D eigenvalue weighted by Crippen LogP contribution is -2.19. The second-order valence-corrected chi connectivity index (χ2v) is 3.62. The van der Waals surface area contributed by atoms with Gasteiger partial charge in [-0.2, -0.15) is 0 Å². The number of carbonyl (C=O) groups excluding carboxylic acids is 2. The van der Waals surface area contributed by atoms with E-state index in [1.807, 2.05) is 0 Å². The first-order valence-corrected chi connectivity index (χ1v) is 4.92. The van der Waals surface area contributed by atoms with E-state index in [2.05, 4.69) is 6.58 Å². The lowest BCUT2D eigenvalue weighted by atomic mass is 9.84. The number of carbonyl (C=O) groups is 2. The zero-order chi connectivity index (χ0) is 9.68. The van der Waals surface area contributed by atoms with E-state index in [9.17, 15) is 9.59 Å². The van der Waals surface area contributed by atoms with Crippen LogP contribution in [-0.4, -0.2) is 11.6 Å². The fourth-order valence-corrected chi connectivity index (χ4v) is 1.78. The Bertz CT molecular complexity index is 218. The topological polar surface area (TPSA) is 34.1 Å². The van der Waals surface area contributed by atoms with Gasteiger partial charge < -0.3 is 0 Å². The zero-order valence-electron chi connectivity index (χ0n) is 7.92. The lowest BCUT2D eigenvalue weighted by molar-refractivity contribution is -0.125. The van der Waals surface area contributed by atoms with E-state index < -0.39 is 0 Å². The summed E-state index contributed by atoms with van der Waals surface area (Å²) in [6.07, 6.45) is 6.41. The first kappa shape index (κ1) is 10.2. The standard InChI is InChI=1S/C11H16O2/c1-2-10(12)8-7-9-5-3-4-6-11(9)13/h2,9H,1,3-8H2. The summed E-state index contributed by atoms with van der Waals surface area (Å²) < 4.78 is 0. The number of Topliss-reactive ketones (excluding diaryl/α,β-unsaturated/α-hetero) is 1. The highest BCUT2D eigenvalue weighted by atomic mass is 16.1. The quantitative estimate of drug-likeness (QED) is 0.622. The van der Waals surface area contributed by atoms with Crippen molar-refractivity contribution >= 4 is 11.6 Å². The Balaban J connectivity index is 2.30. The Morgan fingerprint density at radius 2 is 2.31 bits per heavy atom. The molecule has 0 amide bonds. The fraction of sp³-hybridized carbons (Fsp3) is 0.636. The van der Waals surface area contributed by atoms with Crippen molar-refractivity contribution in [3.8, 4) is 0 Å². The molecule has 1 saturated carbocycles. The lowest BCUT2D eigenvalue weighted by Gasteiger charge is -2.19. The van der Waals surface area contributed by atoms with E-state index in [1.165, 1.54) is 6.08 Å². The Morgan fingerprint density at radius 1 is 1.54 bits per heavy atom. The van der Waals surface area contributed by atoms with Crippen LogP contribution < -0.4 is 0 Å². The molecule has 1 rings (SSSR count). The van der Waals surface area contributed by atoms with Gasteiger partial charge in [0.05, 0.1) is 0 Å². The summed E-state index contributed by atoms with van der Waals surface area (Å²) >= 11 is 0. The molecule has 0 aromatic carbocycles. The molecule has 1 aliphatic carbocycles. The van der Waals surface area contributed by atoms with Crippen LogP contribution >= 0.6 is 0 Å². The molecule has 1 fully saturated rings. The van der Waals surface area contributed by atoms with Crippen molar-refractivity contribution in [3.63, 3.8) is 0 Å². The molecule has 0 N–H and O–H groups in total. The summed E-state index contributed by atoms with van der Waals surface area (Å²) in [5.74, 6) is 0.555. The van der Waals surface area contributed by atoms with E-state index in [0.29, 0.717) is 18.6 Å². The van der Waals surface area contributed by atoms with Crippen molar-refractivity contribution in [3.05, 3.63) is 12.7 Å². The number of rotatable bonds is 4. The average Bonchev–Trinajstić information content (AvgIpc) is 2.16. The van der Waals surface area contributed by atoms with Crippen LogP contribution in [0.4, 0.5) is 0 Å². The molecule has 0 aromatic rings. The van der Waals surface area contributed by atoms with Crippen molar-refractivity contribution in [2.75, 3.05) is 0 Å². The fourth-order valence-electron chi connectivity index (χ4n) is 1.78. The molecule has 1 atom stereocenters. The van der Waals surface area contributed by atoms with Crippen molar-refractivity contribution in [1.82, 2.24) is 0 Å². The van der Waals surface area contributed by atoms with E-state index in [4.69, 9.17) is 0 Å². The highest BCUT2D eigenvalue weighted by Gasteiger charge is 2.21. The van der Waals surface area contributed by atoms with Crippen LogP contribution in [0.5, 0.6) is 0 Å². The molecule has 1 aliphatic rings. The van der Waals surface area contributed by atoms with Gasteiger partial charge in [-0.05, 0) is 25.3 Å². The van der Waals surface area contributed by atoms with Crippen molar-refractivity contribution in [2.24, 2.45) is 5.92 Å². The third-order valence-electron chi connectivity index (χ3n) is 2.65. The van der Waals surface area contributed by atoms with Gasteiger partial charge >= 0.3 is 0 Å². The molecular weight excluding hydrogens is 164 g/mol. The molecule has 2 nitrogen and oxygen atoms in total. The molecule has 1 unspecified atom stereocenters. The monoisotopic (exact) mass is 180 g/mol. The van der Waals surface area contributed by atoms with E-state index in [1.54, 1.807) is 0 Å². The third kappa shape index (κ3) is 3.13. The van der Waals surface area contributed by atoms with Gasteiger partial charge in [-0.3, -0.25) is 9.59 Å². The highest BCUT2D eigenvalue weighted by molar-refractivity contribution is 5.89. The minimum absolute atomic E-state index is 0.0540. The predicted molar refractivity (Wildman–Crippen MR) is 51.4 cm³/mol. The van der Waals surface area contributed by atoms with Crippen molar-refractivity contribution in [1.29, 1.82) is 0 Å². The summed E-state index contributed by atoms with van der Waals surface area (Å²) in [7, 11) is 0. The Hall–Kier alpha value is -0.920. The van der Waals surface area contributed by atoms with Crippen molar-refractivity contribution in [2.45, 2.75) is 38.5 Å². The number of allylic oxidation sites excluding steroid dienone is 1. The Labute approximate surface area is 79.0 Å². The second-order valence-electron chi connectivity index (χ2n) is 3.62. The molecule has 72 valence electrons. The molecule has 0 spiro atoms. The van der Waals surface area contributed by atoms with Crippen LogP contribution in [0.3, 0.4) is 0 Å². The van der Waals surface area contributed by atoms with Gasteiger partial charge in [0.15, 0.2) is 5.78 Å². The zero-order valence-corrected chi connectivity index (χ0v) is 7.92. The first-order chi connectivity index (χ1) is 6.24. The maximum atomic E-state index is 11.4. The van der Waals surface area contributed by atoms with Gasteiger partial charge in [0, 0.05) is 18.8 Å². The molecule has 0 aromatic heterocycles. The number of hydrogen-bond acceptors (Lipinski definition) is 2. The van der Waals surface area contributed by atoms with Crippen LogP contribution in [0, 0.1) is 5.92 Å². The molecular formula is C11H16O2. The summed E-state index contributed by atoms with van der Waals surface area (Å²) in [6, 6.07) is 0. The number of hydrogen-bond donors (Lipinski definition) is 0. The van der Waals surface area contributed by atoms with E-state index >= 15 is 0 Å². The molecule has 0 radical (unpaired) electrons. The second kappa shape index (κ2) is 4.95. The molecule has 0 heterocycles. The molecule has 0 bridgehead atoms. The van der Waals surface area contributed by atoms with Crippen LogP contribution in [0.2, 0.25) is 0 Å². The summed E-state index contributed by atoms with van der Waals surface area (Å²) in [5, 5.41) is 0. The maximum absolute atomic E-state index is 11.4. The molecule has 2 heteroatoms. The minimum Gasteiger partial charge on any atom is -0.299 e. The Kier molecular flexibility index (Phi) is 3.87. The van der Waals surface area contributed by atoms with E-state index in [0.717, 1.165) is 25.7 Å². The van der Waals surface area contributed by atoms with Crippen LogP contribution in [0.25, 0.3) is 0 Å². The van der Waals surface area contributed by atoms with Crippen LogP contribution in [-0.2, 0) is 9.59 Å². The molecule has 0 aliphatic heterocycles. The summed E-state index contributed by atoms with van der Waals surface area (Å²) in [5.41, 5.74) is 0. The molecule has 0 saturated heterocycles. The smallest absolute Gasteiger partial charge is 0.155 e. The van der Waals surface area contributed by atoms with Gasteiger partial charge in [0.25, 0.3) is 0 Å². The average molecular weight is 180 g/mol. The predicted octanol–water partition coefficient (Wildman–Crippen LogP) is 2.28. The normalized spacial score (nSPS) is 22.8. The SMILES string of the molecule is C=CC(=O)CCC1CCCCC1=O. The van der Waals surface area contributed by atoms with Gasteiger partial charge in [-0.1, -0.05) is 13.0 Å². The summed E-state index contributed by atoms with van der Waals surface area (Å²) in [6.45, 7) is 3.41. The van der Waals surface area contributed by atoms with Crippen molar-refractivity contribution < 1.29 is 9.59 Å². The van der Waals surface area contributed by atoms with Gasteiger partial charge in [-0.15, -0.1) is 0 Å². The van der Waals surface area contributed by atoms with Crippen LogP contribution in [0.1, 0.15) is 38.5 Å². The van der Waals surface area contributed by atoms with Crippen LogP contribution in [0.15, 0.2) is 12.7 Å². The van der Waals surface area contributed by atoms with Gasteiger partial charge in [0.2, 0.25) is 0 Å². The first-order valence-electron chi connectivity index (χ1n) is 4.92. The Morgan fingerprint density at radius 3 is 2.92 bits per heavy atom. The van der Waals surface area contributed by atoms with Gasteiger partial charge in [0.1, 0.15) is 5.78 Å². The maximum Gasteiger partial charge on any atom is 0.155 e. The largest absolute Gasteiger partial charge is 0.299 e. The minimum atomic E-state index is 0.0540. The van der Waals surface area contributed by atoms with E-state index in [-0.39, 0.29) is 11.7 Å². The third-order valence-corrected chi connectivity index (χ3v) is 2.65. The highest BCUT2D eigenvalue weighted by Crippen LogP contribution is 2.24. The number of ketones is 2. The molecule has 13 heavy (non-hydrogen) atoms.